The molecule has 5 nitrogen and oxygen atoms in total. The molecule has 0 fully saturated rings. The zero-order chi connectivity index (χ0) is 16.9. The number of halogens is 2. The summed E-state index contributed by atoms with van der Waals surface area (Å²) >= 11 is 5.96. The highest BCUT2D eigenvalue weighted by Gasteiger charge is 2.05. The predicted octanol–water partition coefficient (Wildman–Crippen LogP) is 4.33. The molecule has 3 rings (SSSR count). The van der Waals surface area contributed by atoms with E-state index in [0.717, 1.165) is 0 Å². The van der Waals surface area contributed by atoms with Gasteiger partial charge in [0, 0.05) is 5.56 Å². The van der Waals surface area contributed by atoms with E-state index in [1.807, 2.05) is 0 Å². The maximum absolute atomic E-state index is 13.0. The number of aryl methyl sites for hydroxylation is 1. The van der Waals surface area contributed by atoms with Gasteiger partial charge < -0.3 is 14.0 Å². The second kappa shape index (κ2) is 7.31. The molecular weight excluding hydrogens is 335 g/mol. The molecule has 0 saturated heterocycles. The minimum atomic E-state index is -0.373. The molecule has 0 aliphatic heterocycles. The van der Waals surface area contributed by atoms with Gasteiger partial charge in [-0.2, -0.15) is 4.98 Å². The van der Waals surface area contributed by atoms with Crippen LogP contribution in [0, 0.1) is 12.7 Å². The minimum absolute atomic E-state index is 0.201. The molecule has 0 N–H and O–H groups in total. The Morgan fingerprint density at radius 2 is 1.71 bits per heavy atom. The summed E-state index contributed by atoms with van der Waals surface area (Å²) < 4.78 is 29.1. The maximum atomic E-state index is 13.0. The molecule has 1 heterocycles. The Hall–Kier alpha value is -2.60. The van der Waals surface area contributed by atoms with Crippen LogP contribution in [0.2, 0.25) is 5.02 Å². The topological polar surface area (TPSA) is 57.4 Å². The van der Waals surface area contributed by atoms with Crippen LogP contribution in [0.25, 0.3) is 0 Å². The highest BCUT2D eigenvalue weighted by Crippen LogP contribution is 2.22. The summed E-state index contributed by atoms with van der Waals surface area (Å²) in [6.45, 7) is 2.19. The minimum Gasteiger partial charge on any atom is -0.489 e. The van der Waals surface area contributed by atoms with Gasteiger partial charge in [0.2, 0.25) is 0 Å². The van der Waals surface area contributed by atoms with Gasteiger partial charge in [-0.15, -0.1) is 0 Å². The fraction of sp³-hybridized carbons (Fsp3) is 0.176. The lowest BCUT2D eigenvalue weighted by Gasteiger charge is -2.09. The van der Waals surface area contributed by atoms with E-state index in [1.54, 1.807) is 37.3 Å². The second-order valence-corrected chi connectivity index (χ2v) is 5.43. The first-order chi connectivity index (χ1) is 11.6. The third kappa shape index (κ3) is 4.23. The number of hydrogen-bond acceptors (Lipinski definition) is 5. The standard InChI is InChI=1S/C17H14ClFN2O3/c1-11-20-17(24-21-11)10-23-15-6-4-14(5-7-15)22-9-12-2-3-13(19)8-16(12)18/h2-8H,9-10H2,1H3. The lowest BCUT2D eigenvalue weighted by molar-refractivity contribution is 0.242. The SMILES string of the molecule is Cc1noc(COc2ccc(OCc3ccc(F)cc3Cl)cc2)n1. The van der Waals surface area contributed by atoms with E-state index in [2.05, 4.69) is 10.1 Å². The molecule has 0 saturated carbocycles. The Bertz CT molecular complexity index is 821. The lowest BCUT2D eigenvalue weighted by Crippen LogP contribution is -1.98. The first-order valence-corrected chi connectivity index (χ1v) is 7.57. The molecule has 124 valence electrons. The predicted molar refractivity (Wildman–Crippen MR) is 85.6 cm³/mol. The molecule has 0 aliphatic rings. The smallest absolute Gasteiger partial charge is 0.264 e. The monoisotopic (exact) mass is 348 g/mol. The Balaban J connectivity index is 1.54. The normalized spacial score (nSPS) is 10.6. The van der Waals surface area contributed by atoms with E-state index in [4.69, 9.17) is 25.6 Å². The van der Waals surface area contributed by atoms with Crippen molar-refractivity contribution in [3.63, 3.8) is 0 Å². The summed E-state index contributed by atoms with van der Waals surface area (Å²) in [5, 5.41) is 4.03. The third-order valence-corrected chi connectivity index (χ3v) is 3.52. The fourth-order valence-corrected chi connectivity index (χ4v) is 2.20. The van der Waals surface area contributed by atoms with Gasteiger partial charge >= 0.3 is 0 Å². The average Bonchev–Trinajstić information content (AvgIpc) is 2.99. The molecule has 1 aromatic heterocycles. The van der Waals surface area contributed by atoms with Crippen LogP contribution in [0.5, 0.6) is 11.5 Å². The van der Waals surface area contributed by atoms with Crippen molar-refractivity contribution in [3.05, 3.63) is 70.6 Å². The first kappa shape index (κ1) is 16.3. The number of hydrogen-bond donors (Lipinski definition) is 0. The number of nitrogens with zero attached hydrogens (tertiary/aromatic N) is 2. The van der Waals surface area contributed by atoms with Crippen molar-refractivity contribution in [1.82, 2.24) is 10.1 Å². The first-order valence-electron chi connectivity index (χ1n) is 7.19. The van der Waals surface area contributed by atoms with Crippen molar-refractivity contribution in [3.8, 4) is 11.5 Å². The van der Waals surface area contributed by atoms with Crippen LogP contribution in [0.3, 0.4) is 0 Å². The molecule has 3 aromatic rings. The second-order valence-electron chi connectivity index (χ2n) is 5.02. The van der Waals surface area contributed by atoms with E-state index < -0.39 is 0 Å². The van der Waals surface area contributed by atoms with Crippen LogP contribution in [0.1, 0.15) is 17.3 Å². The van der Waals surface area contributed by atoms with Crippen molar-refractivity contribution in [2.45, 2.75) is 20.1 Å². The van der Waals surface area contributed by atoms with Crippen LogP contribution in [0.15, 0.2) is 47.0 Å². The van der Waals surface area contributed by atoms with Crippen molar-refractivity contribution in [2.24, 2.45) is 0 Å². The molecule has 0 bridgehead atoms. The molecule has 0 amide bonds. The van der Waals surface area contributed by atoms with E-state index in [0.29, 0.717) is 33.8 Å². The molecule has 0 atom stereocenters. The average molecular weight is 349 g/mol. The van der Waals surface area contributed by atoms with Gasteiger partial charge in [-0.05, 0) is 43.3 Å². The third-order valence-electron chi connectivity index (χ3n) is 3.17. The molecule has 0 unspecified atom stereocenters. The van der Waals surface area contributed by atoms with E-state index in [-0.39, 0.29) is 19.0 Å². The highest BCUT2D eigenvalue weighted by molar-refractivity contribution is 6.31. The van der Waals surface area contributed by atoms with Crippen molar-refractivity contribution in [2.75, 3.05) is 0 Å². The van der Waals surface area contributed by atoms with Gasteiger partial charge in [0.1, 0.15) is 23.9 Å². The number of ether oxygens (including phenoxy) is 2. The van der Waals surface area contributed by atoms with Crippen molar-refractivity contribution in [1.29, 1.82) is 0 Å². The van der Waals surface area contributed by atoms with Crippen LogP contribution < -0.4 is 9.47 Å². The molecule has 0 aliphatic carbocycles. The lowest BCUT2D eigenvalue weighted by atomic mass is 10.2. The zero-order valence-electron chi connectivity index (χ0n) is 12.8. The van der Waals surface area contributed by atoms with Crippen LogP contribution in [0.4, 0.5) is 4.39 Å². The van der Waals surface area contributed by atoms with Gasteiger partial charge in [-0.1, -0.05) is 22.8 Å². The van der Waals surface area contributed by atoms with Crippen LogP contribution in [-0.2, 0) is 13.2 Å². The highest BCUT2D eigenvalue weighted by atomic mass is 35.5. The zero-order valence-corrected chi connectivity index (χ0v) is 13.6. The van der Waals surface area contributed by atoms with Gasteiger partial charge in [-0.3, -0.25) is 0 Å². The maximum Gasteiger partial charge on any atom is 0.264 e. The van der Waals surface area contributed by atoms with Crippen molar-refractivity contribution >= 4 is 11.6 Å². The summed E-state index contributed by atoms with van der Waals surface area (Å²) in [6.07, 6.45) is 0. The van der Waals surface area contributed by atoms with E-state index >= 15 is 0 Å². The largest absolute Gasteiger partial charge is 0.489 e. The van der Waals surface area contributed by atoms with Gasteiger partial charge in [-0.25, -0.2) is 4.39 Å². The number of benzene rings is 2. The summed E-state index contributed by atoms with van der Waals surface area (Å²) in [5.41, 5.74) is 0.713. The quantitative estimate of drug-likeness (QED) is 0.663. The van der Waals surface area contributed by atoms with Crippen molar-refractivity contribution < 1.29 is 18.4 Å². The summed E-state index contributed by atoms with van der Waals surface area (Å²) in [7, 11) is 0. The van der Waals surface area contributed by atoms with E-state index in [1.165, 1.54) is 12.1 Å². The fourth-order valence-electron chi connectivity index (χ4n) is 1.98. The van der Waals surface area contributed by atoms with Crippen LogP contribution in [-0.4, -0.2) is 10.1 Å². The molecule has 7 heteroatoms. The Morgan fingerprint density at radius 3 is 2.29 bits per heavy atom. The van der Waals surface area contributed by atoms with E-state index in [9.17, 15) is 4.39 Å². The summed E-state index contributed by atoms with van der Waals surface area (Å²) in [5.74, 6) is 1.91. The number of aromatic nitrogens is 2. The van der Waals surface area contributed by atoms with Gasteiger partial charge in [0.05, 0.1) is 5.02 Å². The number of rotatable bonds is 6. The van der Waals surface area contributed by atoms with Crippen LogP contribution >= 0.6 is 11.6 Å². The van der Waals surface area contributed by atoms with Gasteiger partial charge in [0.25, 0.3) is 5.89 Å². The summed E-state index contributed by atoms with van der Waals surface area (Å²) in [6, 6.07) is 11.3. The van der Waals surface area contributed by atoms with Gasteiger partial charge in [0.15, 0.2) is 12.4 Å². The Morgan fingerprint density at radius 1 is 1.04 bits per heavy atom. The molecule has 24 heavy (non-hydrogen) atoms. The molecular formula is C17H14ClFN2O3. The molecule has 0 radical (unpaired) electrons. The summed E-state index contributed by atoms with van der Waals surface area (Å²) in [4.78, 5) is 4.05. The Labute approximate surface area is 143 Å². The Kier molecular flexibility index (Phi) is 4.96. The molecule has 0 spiro atoms. The molecule has 2 aromatic carbocycles.